The van der Waals surface area contributed by atoms with Gasteiger partial charge in [0.15, 0.2) is 11.5 Å². The van der Waals surface area contributed by atoms with Crippen molar-refractivity contribution in [3.63, 3.8) is 0 Å². The molecule has 16 heteroatoms. The minimum Gasteiger partial charge on any atom is -0.481 e. The number of halogens is 8. The molecule has 0 aliphatic heterocycles. The van der Waals surface area contributed by atoms with E-state index in [1.54, 1.807) is 0 Å². The molecule has 218 valence electrons. The van der Waals surface area contributed by atoms with E-state index in [9.17, 15) is 45.8 Å². The summed E-state index contributed by atoms with van der Waals surface area (Å²) in [7, 11) is 0. The number of carbonyl (C=O) groups is 3. The highest BCUT2D eigenvalue weighted by Gasteiger charge is 2.64. The van der Waals surface area contributed by atoms with Crippen LogP contribution in [0.3, 0.4) is 0 Å². The van der Waals surface area contributed by atoms with Gasteiger partial charge >= 0.3 is 18.3 Å². The molecule has 8 nitrogen and oxygen atoms in total. The number of aliphatic carboxylic acids is 1. The zero-order valence-corrected chi connectivity index (χ0v) is 22.0. The molecule has 0 atom stereocenters. The highest BCUT2D eigenvalue weighted by molar-refractivity contribution is 6.39. The number of ketones is 1. The molecule has 4 rings (SSSR count). The first kappa shape index (κ1) is 30.1. The van der Waals surface area contributed by atoms with Crippen molar-refractivity contribution in [1.82, 2.24) is 19.7 Å². The van der Waals surface area contributed by atoms with Gasteiger partial charge in [0.2, 0.25) is 0 Å². The third-order valence-electron chi connectivity index (χ3n) is 7.39. The van der Waals surface area contributed by atoms with E-state index in [1.165, 1.54) is 0 Å². The number of pyridine rings is 1. The first-order chi connectivity index (χ1) is 18.6. The SMILES string of the molecule is O=C(CN(CC1(C(F)(F)F)CC1)C(=O)c1cnn(C2CCC(C(=O)O)CC2)c1C(F)(F)F)c1c(Cl)cncc1Cl. The van der Waals surface area contributed by atoms with Gasteiger partial charge in [-0.3, -0.25) is 24.0 Å². The van der Waals surface area contributed by atoms with Crippen LogP contribution in [0.25, 0.3) is 0 Å². The maximum atomic E-state index is 14.3. The monoisotopic (exact) mass is 614 g/mol. The molecule has 0 saturated heterocycles. The molecule has 0 spiro atoms. The van der Waals surface area contributed by atoms with Gasteiger partial charge in [-0.25, -0.2) is 0 Å². The molecule has 0 aromatic carbocycles. The number of amides is 1. The zero-order chi connectivity index (χ0) is 29.6. The second kappa shape index (κ2) is 10.8. The number of nitrogens with zero attached hydrogens (tertiary/aromatic N) is 4. The Morgan fingerprint density at radius 2 is 1.57 bits per heavy atom. The van der Waals surface area contributed by atoms with Gasteiger partial charge < -0.3 is 10.0 Å². The highest BCUT2D eigenvalue weighted by atomic mass is 35.5. The predicted octanol–water partition coefficient (Wildman–Crippen LogP) is 6.09. The van der Waals surface area contributed by atoms with Gasteiger partial charge in [-0.1, -0.05) is 23.2 Å². The quantitative estimate of drug-likeness (QED) is 0.285. The summed E-state index contributed by atoms with van der Waals surface area (Å²) >= 11 is 12.0. The summed E-state index contributed by atoms with van der Waals surface area (Å²) in [5, 5.41) is 12.4. The van der Waals surface area contributed by atoms with Crippen molar-refractivity contribution in [2.45, 2.75) is 56.9 Å². The Labute approximate surface area is 233 Å². The third-order valence-corrected chi connectivity index (χ3v) is 7.96. The maximum Gasteiger partial charge on any atom is 0.433 e. The second-order valence-electron chi connectivity index (χ2n) is 10.0. The summed E-state index contributed by atoms with van der Waals surface area (Å²) in [4.78, 5) is 41.9. The van der Waals surface area contributed by atoms with E-state index in [-0.39, 0.29) is 54.1 Å². The lowest BCUT2D eigenvalue weighted by molar-refractivity contribution is -0.189. The van der Waals surface area contributed by atoms with Crippen LogP contribution >= 0.6 is 23.2 Å². The van der Waals surface area contributed by atoms with Crippen molar-refractivity contribution in [2.75, 3.05) is 13.1 Å². The van der Waals surface area contributed by atoms with E-state index in [0.717, 1.165) is 12.4 Å². The van der Waals surface area contributed by atoms with Crippen LogP contribution in [0.5, 0.6) is 0 Å². The molecule has 2 aromatic rings. The number of carbonyl (C=O) groups excluding carboxylic acids is 2. The zero-order valence-electron chi connectivity index (χ0n) is 20.5. The fourth-order valence-corrected chi connectivity index (χ4v) is 5.57. The fraction of sp³-hybridized carbons (Fsp3) is 0.542. The summed E-state index contributed by atoms with van der Waals surface area (Å²) < 4.78 is 84.8. The molecule has 2 fully saturated rings. The van der Waals surface area contributed by atoms with E-state index in [2.05, 4.69) is 10.1 Å². The third kappa shape index (κ3) is 5.92. The molecule has 2 aromatic heterocycles. The van der Waals surface area contributed by atoms with Crippen LogP contribution in [0.2, 0.25) is 10.0 Å². The first-order valence-electron chi connectivity index (χ1n) is 12.1. The van der Waals surface area contributed by atoms with Crippen LogP contribution in [0.1, 0.15) is 71.0 Å². The minimum atomic E-state index is -5.14. The number of carboxylic acids is 1. The van der Waals surface area contributed by atoms with Crippen LogP contribution in [0.15, 0.2) is 18.6 Å². The molecule has 2 aliphatic rings. The Hall–Kier alpha value is -2.87. The molecular formula is C24H22Cl2F6N4O4. The summed E-state index contributed by atoms with van der Waals surface area (Å²) in [6, 6.07) is -0.886. The normalized spacial score (nSPS) is 20.7. The Kier molecular flexibility index (Phi) is 8.16. The van der Waals surface area contributed by atoms with Crippen LogP contribution in [0, 0.1) is 11.3 Å². The van der Waals surface area contributed by atoms with Gasteiger partial charge in [0.05, 0.1) is 51.3 Å². The van der Waals surface area contributed by atoms with Crippen LogP contribution in [-0.2, 0) is 11.0 Å². The molecule has 2 aliphatic carbocycles. The van der Waals surface area contributed by atoms with Crippen molar-refractivity contribution >= 4 is 40.9 Å². The Morgan fingerprint density at radius 1 is 1.00 bits per heavy atom. The number of rotatable bonds is 8. The molecule has 0 radical (unpaired) electrons. The van der Waals surface area contributed by atoms with Crippen molar-refractivity contribution in [2.24, 2.45) is 11.3 Å². The topological polar surface area (TPSA) is 105 Å². The van der Waals surface area contributed by atoms with E-state index < -0.39 is 71.7 Å². The van der Waals surface area contributed by atoms with Crippen LogP contribution in [0.4, 0.5) is 26.3 Å². The molecular weight excluding hydrogens is 593 g/mol. The number of Topliss-reactive ketones (excluding diaryl/α,β-unsaturated/α-hetero) is 1. The number of hydrogen-bond acceptors (Lipinski definition) is 5. The Morgan fingerprint density at radius 3 is 2.05 bits per heavy atom. The standard InChI is InChI=1S/C24H22Cl2F6N4O4/c25-15-8-33-9-16(26)18(15)17(37)10-35(11-22(5-6-22)24(30,31)32)20(38)14-7-34-36(19(14)23(27,28)29)13-3-1-12(2-4-13)21(39)40/h7-9,12-13H,1-6,10-11H2,(H,39,40). The first-order valence-corrected chi connectivity index (χ1v) is 12.9. The predicted molar refractivity (Wildman–Crippen MR) is 128 cm³/mol. The number of alkyl halides is 6. The largest absolute Gasteiger partial charge is 0.481 e. The average Bonchev–Trinajstić information content (AvgIpc) is 3.51. The summed E-state index contributed by atoms with van der Waals surface area (Å²) in [6.45, 7) is -2.10. The lowest BCUT2D eigenvalue weighted by Gasteiger charge is -2.30. The van der Waals surface area contributed by atoms with Gasteiger partial charge in [-0.15, -0.1) is 0 Å². The molecule has 2 saturated carbocycles. The molecule has 1 N–H and O–H groups in total. The fourth-order valence-electron chi connectivity index (χ4n) is 4.99. The van der Waals surface area contributed by atoms with Gasteiger partial charge in [0.1, 0.15) is 0 Å². The minimum absolute atomic E-state index is 0.0355. The van der Waals surface area contributed by atoms with Crippen molar-refractivity contribution in [3.05, 3.63) is 45.5 Å². The molecule has 0 bridgehead atoms. The van der Waals surface area contributed by atoms with E-state index >= 15 is 0 Å². The lowest BCUT2D eigenvalue weighted by atomic mass is 9.86. The summed E-state index contributed by atoms with van der Waals surface area (Å²) in [5.41, 5.74) is -5.22. The number of hydrogen-bond donors (Lipinski definition) is 1. The smallest absolute Gasteiger partial charge is 0.433 e. The van der Waals surface area contributed by atoms with Crippen LogP contribution in [-0.4, -0.2) is 61.7 Å². The Balaban J connectivity index is 1.70. The van der Waals surface area contributed by atoms with Crippen LogP contribution < -0.4 is 0 Å². The maximum absolute atomic E-state index is 14.3. The molecule has 2 heterocycles. The van der Waals surface area contributed by atoms with Gasteiger partial charge in [-0.05, 0) is 38.5 Å². The molecule has 0 unspecified atom stereocenters. The van der Waals surface area contributed by atoms with Gasteiger partial charge in [0, 0.05) is 18.9 Å². The van der Waals surface area contributed by atoms with E-state index in [1.807, 2.05) is 0 Å². The van der Waals surface area contributed by atoms with Gasteiger partial charge in [-0.2, -0.15) is 31.4 Å². The number of aromatic nitrogens is 3. The lowest BCUT2D eigenvalue weighted by Crippen LogP contribution is -2.44. The highest BCUT2D eigenvalue weighted by Crippen LogP contribution is 2.58. The van der Waals surface area contributed by atoms with Gasteiger partial charge in [0.25, 0.3) is 5.91 Å². The summed E-state index contributed by atoms with van der Waals surface area (Å²) in [5.74, 6) is -4.26. The molecule has 1 amide bonds. The van der Waals surface area contributed by atoms with E-state index in [4.69, 9.17) is 23.2 Å². The second-order valence-corrected chi connectivity index (χ2v) is 10.8. The molecule has 40 heavy (non-hydrogen) atoms. The van der Waals surface area contributed by atoms with E-state index in [0.29, 0.717) is 15.8 Å². The number of carboxylic acid groups (broad SMARTS) is 1. The summed E-state index contributed by atoms with van der Waals surface area (Å²) in [6.07, 6.45) is -7.70. The van der Waals surface area contributed by atoms with Crippen molar-refractivity contribution in [1.29, 1.82) is 0 Å². The van der Waals surface area contributed by atoms with Crippen molar-refractivity contribution < 1.29 is 45.8 Å². The average molecular weight is 615 g/mol. The Bertz CT molecular complexity index is 1300. The van der Waals surface area contributed by atoms with Crippen molar-refractivity contribution in [3.8, 4) is 0 Å².